The van der Waals surface area contributed by atoms with E-state index in [0.717, 1.165) is 12.8 Å². The first-order valence-corrected chi connectivity index (χ1v) is 7.34. The largest absolute Gasteiger partial charge is 0.370 e. The number of carbonyl (C=O) groups is 2. The van der Waals surface area contributed by atoms with Gasteiger partial charge in [0.1, 0.15) is 0 Å². The molecule has 1 saturated heterocycles. The van der Waals surface area contributed by atoms with Crippen molar-refractivity contribution < 1.29 is 9.59 Å². The van der Waals surface area contributed by atoms with Crippen molar-refractivity contribution in [1.29, 1.82) is 0 Å². The number of hydrogen-bond acceptors (Lipinski definition) is 3. The predicted molar refractivity (Wildman–Crippen MR) is 78.3 cm³/mol. The number of aromatic nitrogens is 2. The Balaban J connectivity index is 1.73. The molecule has 0 radical (unpaired) electrons. The molecule has 7 heteroatoms. The Morgan fingerprint density at radius 1 is 1.43 bits per heavy atom. The number of nitrogens with zero attached hydrogens (tertiary/aromatic N) is 3. The quantitative estimate of drug-likeness (QED) is 0.831. The molecule has 1 aliphatic rings. The van der Waals surface area contributed by atoms with E-state index in [4.69, 9.17) is 5.73 Å². The summed E-state index contributed by atoms with van der Waals surface area (Å²) in [5.41, 5.74) is 5.21. The van der Waals surface area contributed by atoms with E-state index in [1.54, 1.807) is 12.5 Å². The minimum atomic E-state index is -0.258. The number of nitrogens with one attached hydrogen (secondary N) is 1. The fourth-order valence-corrected chi connectivity index (χ4v) is 2.68. The lowest BCUT2D eigenvalue weighted by Crippen LogP contribution is -2.48. The second kappa shape index (κ2) is 7.10. The van der Waals surface area contributed by atoms with Crippen LogP contribution < -0.4 is 11.1 Å². The summed E-state index contributed by atoms with van der Waals surface area (Å²) in [5.74, 6) is 0.0572. The molecule has 2 rings (SSSR count). The summed E-state index contributed by atoms with van der Waals surface area (Å²) in [5, 5.41) is 2.99. The first-order valence-electron chi connectivity index (χ1n) is 7.34. The fraction of sp³-hybridized carbons (Fsp3) is 0.643. The summed E-state index contributed by atoms with van der Waals surface area (Å²) in [4.78, 5) is 28.9. The van der Waals surface area contributed by atoms with Crippen molar-refractivity contribution in [3.63, 3.8) is 0 Å². The maximum absolute atomic E-state index is 12.2. The molecule has 3 N–H and O–H groups in total. The van der Waals surface area contributed by atoms with Gasteiger partial charge in [0.2, 0.25) is 5.91 Å². The van der Waals surface area contributed by atoms with Crippen LogP contribution in [0.15, 0.2) is 18.7 Å². The third kappa shape index (κ3) is 4.77. The minimum absolute atomic E-state index is 0.0371. The van der Waals surface area contributed by atoms with Crippen LogP contribution in [0, 0.1) is 5.92 Å². The summed E-state index contributed by atoms with van der Waals surface area (Å²) in [6, 6.07) is -0.00446. The monoisotopic (exact) mass is 293 g/mol. The van der Waals surface area contributed by atoms with Crippen LogP contribution in [0.3, 0.4) is 0 Å². The van der Waals surface area contributed by atoms with Crippen molar-refractivity contribution in [3.8, 4) is 0 Å². The number of primary amides is 1. The summed E-state index contributed by atoms with van der Waals surface area (Å²) >= 11 is 0. The number of likely N-dealkylation sites (tertiary alicyclic amines) is 1. The van der Waals surface area contributed by atoms with Crippen LogP contribution in [0.4, 0.5) is 4.79 Å². The lowest BCUT2D eigenvalue weighted by molar-refractivity contribution is -0.119. The fourth-order valence-electron chi connectivity index (χ4n) is 2.68. The van der Waals surface area contributed by atoms with Crippen molar-refractivity contribution in [2.24, 2.45) is 11.7 Å². The molecule has 1 unspecified atom stereocenters. The third-order valence-electron chi connectivity index (χ3n) is 3.81. The van der Waals surface area contributed by atoms with Gasteiger partial charge in [-0.25, -0.2) is 9.78 Å². The Morgan fingerprint density at radius 3 is 2.71 bits per heavy atom. The van der Waals surface area contributed by atoms with E-state index in [-0.39, 0.29) is 18.0 Å². The third-order valence-corrected chi connectivity index (χ3v) is 3.81. The highest BCUT2D eigenvalue weighted by atomic mass is 16.2. The molecule has 0 saturated carbocycles. The molecule has 0 aromatic carbocycles. The zero-order valence-corrected chi connectivity index (χ0v) is 12.4. The highest BCUT2D eigenvalue weighted by Crippen LogP contribution is 2.20. The van der Waals surface area contributed by atoms with Gasteiger partial charge in [-0.1, -0.05) is 0 Å². The molecule has 1 fully saturated rings. The Kier molecular flexibility index (Phi) is 5.19. The van der Waals surface area contributed by atoms with Gasteiger partial charge in [-0.15, -0.1) is 0 Å². The van der Waals surface area contributed by atoms with Crippen LogP contribution in [0.2, 0.25) is 0 Å². The van der Waals surface area contributed by atoms with Crippen LogP contribution >= 0.6 is 0 Å². The first kappa shape index (κ1) is 15.3. The number of hydrogen-bond donors (Lipinski definition) is 2. The predicted octanol–water partition coefficient (Wildman–Crippen LogP) is 0.569. The number of urea groups is 1. The van der Waals surface area contributed by atoms with Crippen molar-refractivity contribution >= 4 is 11.9 Å². The molecule has 1 aromatic heterocycles. The molecule has 7 nitrogen and oxygen atoms in total. The molecule has 2 heterocycles. The Labute approximate surface area is 124 Å². The zero-order chi connectivity index (χ0) is 15.2. The number of rotatable bonds is 5. The summed E-state index contributed by atoms with van der Waals surface area (Å²) < 4.78 is 1.93. The SMILES string of the molecule is CC(Cn1ccnc1)NC(=O)N1CCC(CC(N)=O)CC1. The smallest absolute Gasteiger partial charge is 0.317 e. The van der Waals surface area contributed by atoms with Gasteiger partial charge in [0.05, 0.1) is 6.33 Å². The van der Waals surface area contributed by atoms with Crippen molar-refractivity contribution in [2.45, 2.75) is 38.8 Å². The van der Waals surface area contributed by atoms with E-state index in [9.17, 15) is 9.59 Å². The number of nitrogens with two attached hydrogens (primary N) is 1. The Bertz CT molecular complexity index is 466. The van der Waals surface area contributed by atoms with Gasteiger partial charge in [0, 0.05) is 44.5 Å². The molecule has 116 valence electrons. The van der Waals surface area contributed by atoms with Gasteiger partial charge in [0.25, 0.3) is 0 Å². The Morgan fingerprint density at radius 2 is 2.14 bits per heavy atom. The van der Waals surface area contributed by atoms with Crippen LogP contribution in [0.25, 0.3) is 0 Å². The Hall–Kier alpha value is -2.05. The van der Waals surface area contributed by atoms with Crippen LogP contribution in [0.1, 0.15) is 26.2 Å². The topological polar surface area (TPSA) is 93.2 Å². The van der Waals surface area contributed by atoms with Gasteiger partial charge >= 0.3 is 6.03 Å². The highest BCUT2D eigenvalue weighted by Gasteiger charge is 2.24. The van der Waals surface area contributed by atoms with Gasteiger partial charge in [-0.2, -0.15) is 0 Å². The minimum Gasteiger partial charge on any atom is -0.370 e. The lowest BCUT2D eigenvalue weighted by Gasteiger charge is -2.32. The van der Waals surface area contributed by atoms with Gasteiger partial charge in [-0.3, -0.25) is 4.79 Å². The maximum Gasteiger partial charge on any atom is 0.317 e. The van der Waals surface area contributed by atoms with E-state index >= 15 is 0 Å². The van der Waals surface area contributed by atoms with E-state index in [1.807, 2.05) is 22.6 Å². The second-order valence-corrected chi connectivity index (χ2v) is 5.71. The van der Waals surface area contributed by atoms with E-state index in [1.165, 1.54) is 0 Å². The lowest BCUT2D eigenvalue weighted by atomic mass is 9.93. The summed E-state index contributed by atoms with van der Waals surface area (Å²) in [6.07, 6.45) is 7.43. The normalized spacial score (nSPS) is 17.5. The molecular formula is C14H23N5O2. The maximum atomic E-state index is 12.2. The van der Waals surface area contributed by atoms with Gasteiger partial charge in [0.15, 0.2) is 0 Å². The van der Waals surface area contributed by atoms with Crippen LogP contribution in [0.5, 0.6) is 0 Å². The molecule has 0 aliphatic carbocycles. The number of imidazole rings is 1. The van der Waals surface area contributed by atoms with Crippen LogP contribution in [-0.2, 0) is 11.3 Å². The average Bonchev–Trinajstić information content (AvgIpc) is 2.91. The second-order valence-electron chi connectivity index (χ2n) is 5.71. The van der Waals surface area contributed by atoms with Crippen LogP contribution in [-0.4, -0.2) is 45.5 Å². The molecule has 0 spiro atoms. The molecule has 21 heavy (non-hydrogen) atoms. The first-order chi connectivity index (χ1) is 10.0. The van der Waals surface area contributed by atoms with E-state index < -0.39 is 0 Å². The highest BCUT2D eigenvalue weighted by molar-refractivity contribution is 5.75. The molecule has 0 bridgehead atoms. The van der Waals surface area contributed by atoms with Gasteiger partial charge < -0.3 is 20.5 Å². The molecule has 3 amide bonds. The van der Waals surface area contributed by atoms with E-state index in [0.29, 0.717) is 32.0 Å². The van der Waals surface area contributed by atoms with Gasteiger partial charge in [-0.05, 0) is 25.7 Å². The summed E-state index contributed by atoms with van der Waals surface area (Å²) in [7, 11) is 0. The van der Waals surface area contributed by atoms with Crippen molar-refractivity contribution in [2.75, 3.05) is 13.1 Å². The standard InChI is InChI=1S/C14H23N5O2/c1-11(9-18-7-4-16-10-18)17-14(21)19-5-2-12(3-6-19)8-13(15)20/h4,7,10-12H,2-3,5-6,8-9H2,1H3,(H2,15,20)(H,17,21). The molecule has 1 aromatic rings. The van der Waals surface area contributed by atoms with E-state index in [2.05, 4.69) is 10.3 Å². The van der Waals surface area contributed by atoms with Crippen molar-refractivity contribution in [3.05, 3.63) is 18.7 Å². The summed E-state index contributed by atoms with van der Waals surface area (Å²) in [6.45, 7) is 4.03. The zero-order valence-electron chi connectivity index (χ0n) is 12.4. The molecule has 1 atom stereocenters. The molecule has 1 aliphatic heterocycles. The number of piperidine rings is 1. The number of amides is 3. The molecular weight excluding hydrogens is 270 g/mol. The number of carbonyl (C=O) groups excluding carboxylic acids is 2. The van der Waals surface area contributed by atoms with Crippen molar-refractivity contribution in [1.82, 2.24) is 19.8 Å². The average molecular weight is 293 g/mol.